The number of nitrogens with zero attached hydrogens (tertiary/aromatic N) is 4. The zero-order valence-electron chi connectivity index (χ0n) is 15.6. The van der Waals surface area contributed by atoms with E-state index in [1.807, 2.05) is 26.2 Å². The molecule has 2 heterocycles. The maximum Gasteiger partial charge on any atom is 0.103 e. The molecule has 3 rings (SSSR count). The van der Waals surface area contributed by atoms with Gasteiger partial charge in [0.25, 0.3) is 0 Å². The van der Waals surface area contributed by atoms with E-state index in [1.165, 1.54) is 16.7 Å². The highest BCUT2D eigenvalue weighted by Crippen LogP contribution is 2.27. The van der Waals surface area contributed by atoms with Gasteiger partial charge in [0.1, 0.15) is 5.54 Å². The van der Waals surface area contributed by atoms with Gasteiger partial charge in [0.15, 0.2) is 0 Å². The van der Waals surface area contributed by atoms with Gasteiger partial charge in [-0.05, 0) is 43.9 Å². The molecule has 2 aliphatic rings. The Balaban J connectivity index is 1.51. The van der Waals surface area contributed by atoms with Crippen molar-refractivity contribution in [2.45, 2.75) is 38.6 Å². The average molecular weight is 336 g/mol. The minimum atomic E-state index is -0.356. The van der Waals surface area contributed by atoms with Crippen molar-refractivity contribution < 1.29 is 0 Å². The fourth-order valence-corrected chi connectivity index (χ4v) is 3.60. The van der Waals surface area contributed by atoms with Gasteiger partial charge < -0.3 is 0 Å². The first-order chi connectivity index (χ1) is 12.0. The molecule has 4 nitrogen and oxygen atoms in total. The lowest BCUT2D eigenvalue weighted by molar-refractivity contribution is 0.0853. The number of rotatable bonds is 4. The molecule has 1 aromatic rings. The second-order valence-electron chi connectivity index (χ2n) is 7.71. The number of piperazine rings is 1. The standard InChI is InChI=1S/C21H28N4/c1-17-12-20(14-23-13-17)19-6-4-18(5-7-19)15-24-8-10-25(11-9-24)21(2,3)16-22/h4-6,12-14,19H,7-11,15H2,1-3H3. The van der Waals surface area contributed by atoms with Crippen LogP contribution in [0.3, 0.4) is 0 Å². The first-order valence-electron chi connectivity index (χ1n) is 9.15. The van der Waals surface area contributed by atoms with Crippen LogP contribution in [0, 0.1) is 18.3 Å². The van der Waals surface area contributed by atoms with Crippen molar-refractivity contribution in [3.8, 4) is 6.07 Å². The van der Waals surface area contributed by atoms with Crippen molar-refractivity contribution in [1.29, 1.82) is 5.26 Å². The maximum atomic E-state index is 9.28. The molecule has 0 amide bonds. The quantitative estimate of drug-likeness (QED) is 0.846. The van der Waals surface area contributed by atoms with E-state index >= 15 is 0 Å². The van der Waals surface area contributed by atoms with Crippen LogP contribution >= 0.6 is 0 Å². The Hall–Kier alpha value is -1.96. The van der Waals surface area contributed by atoms with Gasteiger partial charge in [-0.15, -0.1) is 0 Å². The van der Waals surface area contributed by atoms with Gasteiger partial charge in [-0.2, -0.15) is 5.26 Å². The summed E-state index contributed by atoms with van der Waals surface area (Å²) in [5, 5.41) is 9.28. The molecule has 1 aliphatic carbocycles. The molecular formula is C21H28N4. The van der Waals surface area contributed by atoms with Gasteiger partial charge in [0.2, 0.25) is 0 Å². The number of nitriles is 1. The van der Waals surface area contributed by atoms with Crippen LogP contribution in [-0.2, 0) is 0 Å². The van der Waals surface area contributed by atoms with E-state index in [-0.39, 0.29) is 5.54 Å². The molecule has 4 heteroatoms. The highest BCUT2D eigenvalue weighted by atomic mass is 15.3. The molecule has 1 aromatic heterocycles. The lowest BCUT2D eigenvalue weighted by Crippen LogP contribution is -2.54. The van der Waals surface area contributed by atoms with Crippen LogP contribution in [-0.4, -0.2) is 53.0 Å². The Morgan fingerprint density at radius 2 is 2.00 bits per heavy atom. The fraction of sp³-hybridized carbons (Fsp3) is 0.524. The predicted octanol–water partition coefficient (Wildman–Crippen LogP) is 3.28. The van der Waals surface area contributed by atoms with Gasteiger partial charge in [0, 0.05) is 51.0 Å². The molecule has 0 aromatic carbocycles. The van der Waals surface area contributed by atoms with Crippen LogP contribution in [0.4, 0.5) is 0 Å². The third-order valence-electron chi connectivity index (χ3n) is 5.34. The van der Waals surface area contributed by atoms with E-state index < -0.39 is 0 Å². The number of aryl methyl sites for hydroxylation is 1. The van der Waals surface area contributed by atoms with Crippen molar-refractivity contribution in [2.75, 3.05) is 32.7 Å². The molecule has 0 radical (unpaired) electrons. The topological polar surface area (TPSA) is 43.2 Å². The van der Waals surface area contributed by atoms with Crippen molar-refractivity contribution in [1.82, 2.24) is 14.8 Å². The third-order valence-corrected chi connectivity index (χ3v) is 5.34. The highest BCUT2D eigenvalue weighted by molar-refractivity contribution is 5.33. The maximum absolute atomic E-state index is 9.28. The summed E-state index contributed by atoms with van der Waals surface area (Å²) in [5.41, 5.74) is 3.58. The molecule has 1 aliphatic heterocycles. The molecule has 1 saturated heterocycles. The Morgan fingerprint density at radius 1 is 1.24 bits per heavy atom. The van der Waals surface area contributed by atoms with Crippen LogP contribution < -0.4 is 0 Å². The number of hydrogen-bond acceptors (Lipinski definition) is 4. The first-order valence-corrected chi connectivity index (χ1v) is 9.15. The lowest BCUT2D eigenvalue weighted by Gasteiger charge is -2.40. The minimum absolute atomic E-state index is 0.356. The Labute approximate surface area is 151 Å². The molecule has 0 spiro atoms. The Bertz CT molecular complexity index is 703. The van der Waals surface area contributed by atoms with Gasteiger partial charge in [0.05, 0.1) is 6.07 Å². The number of pyridine rings is 1. The molecule has 25 heavy (non-hydrogen) atoms. The molecule has 0 bridgehead atoms. The summed E-state index contributed by atoms with van der Waals surface area (Å²) in [4.78, 5) is 9.10. The normalized spacial score (nSPS) is 22.5. The van der Waals surface area contributed by atoms with Crippen molar-refractivity contribution in [3.05, 3.63) is 53.4 Å². The monoisotopic (exact) mass is 336 g/mol. The Kier molecular flexibility index (Phi) is 5.36. The van der Waals surface area contributed by atoms with Crippen LogP contribution in [0.1, 0.15) is 37.3 Å². The van der Waals surface area contributed by atoms with Crippen molar-refractivity contribution in [3.63, 3.8) is 0 Å². The summed E-state index contributed by atoms with van der Waals surface area (Å²) in [6, 6.07) is 4.64. The van der Waals surface area contributed by atoms with E-state index in [1.54, 1.807) is 0 Å². The average Bonchev–Trinajstić information content (AvgIpc) is 2.63. The van der Waals surface area contributed by atoms with Gasteiger partial charge in [-0.25, -0.2) is 0 Å². The zero-order valence-corrected chi connectivity index (χ0v) is 15.6. The highest BCUT2D eigenvalue weighted by Gasteiger charge is 2.29. The largest absolute Gasteiger partial charge is 0.297 e. The smallest absolute Gasteiger partial charge is 0.103 e. The van der Waals surface area contributed by atoms with Crippen LogP contribution in [0.15, 0.2) is 42.3 Å². The number of hydrogen-bond donors (Lipinski definition) is 0. The van der Waals surface area contributed by atoms with E-state index in [0.717, 1.165) is 39.1 Å². The molecule has 1 atom stereocenters. The van der Waals surface area contributed by atoms with Gasteiger partial charge >= 0.3 is 0 Å². The van der Waals surface area contributed by atoms with E-state index in [9.17, 15) is 5.26 Å². The predicted molar refractivity (Wildman–Crippen MR) is 101 cm³/mol. The van der Waals surface area contributed by atoms with Crippen molar-refractivity contribution >= 4 is 0 Å². The van der Waals surface area contributed by atoms with Crippen molar-refractivity contribution in [2.24, 2.45) is 0 Å². The Morgan fingerprint density at radius 3 is 2.60 bits per heavy atom. The molecule has 1 fully saturated rings. The summed E-state index contributed by atoms with van der Waals surface area (Å²) < 4.78 is 0. The van der Waals surface area contributed by atoms with Gasteiger partial charge in [-0.1, -0.05) is 24.3 Å². The SMILES string of the molecule is Cc1cncc(C2C=CC(CN3CCN(C(C)(C)C#N)CC3)=CC2)c1. The van der Waals surface area contributed by atoms with Gasteiger partial charge in [-0.3, -0.25) is 14.8 Å². The fourth-order valence-electron chi connectivity index (χ4n) is 3.60. The number of allylic oxidation sites excluding steroid dienone is 2. The first kappa shape index (κ1) is 17.8. The summed E-state index contributed by atoms with van der Waals surface area (Å²) in [6.07, 6.45) is 11.9. The van der Waals surface area contributed by atoms with E-state index in [4.69, 9.17) is 0 Å². The van der Waals surface area contributed by atoms with Crippen LogP contribution in [0.5, 0.6) is 0 Å². The lowest BCUT2D eigenvalue weighted by atomic mass is 9.90. The minimum Gasteiger partial charge on any atom is -0.297 e. The van der Waals surface area contributed by atoms with E-state index in [0.29, 0.717) is 5.92 Å². The molecule has 0 saturated carbocycles. The zero-order chi connectivity index (χ0) is 17.9. The number of aromatic nitrogens is 1. The summed E-state index contributed by atoms with van der Waals surface area (Å²) in [5.74, 6) is 0.449. The van der Waals surface area contributed by atoms with Crippen LogP contribution in [0.25, 0.3) is 0 Å². The summed E-state index contributed by atoms with van der Waals surface area (Å²) >= 11 is 0. The third kappa shape index (κ3) is 4.36. The molecular weight excluding hydrogens is 308 g/mol. The molecule has 132 valence electrons. The summed E-state index contributed by atoms with van der Waals surface area (Å²) in [7, 11) is 0. The summed E-state index contributed by atoms with van der Waals surface area (Å²) in [6.45, 7) is 11.1. The second kappa shape index (κ2) is 7.51. The molecule has 1 unspecified atom stereocenters. The second-order valence-corrected chi connectivity index (χ2v) is 7.71. The molecule has 0 N–H and O–H groups in total. The van der Waals surface area contributed by atoms with Crippen LogP contribution in [0.2, 0.25) is 0 Å². The van der Waals surface area contributed by atoms with E-state index in [2.05, 4.69) is 52.1 Å².